The molecule has 1 aromatic carbocycles. The summed E-state index contributed by atoms with van der Waals surface area (Å²) in [5.41, 5.74) is 1.11. The van der Waals surface area contributed by atoms with Crippen LogP contribution in [0.15, 0.2) is 18.2 Å². The second-order valence-electron chi connectivity index (χ2n) is 4.17. The van der Waals surface area contributed by atoms with Gasteiger partial charge in [0.25, 0.3) is 0 Å². The minimum atomic E-state index is 0.183. The topological polar surface area (TPSA) is 35.5 Å². The number of carbonyl (C=O) groups is 1. The molecular weight excluding hydrogens is 204 g/mol. The Bertz CT molecular complexity index is 412. The van der Waals surface area contributed by atoms with E-state index >= 15 is 0 Å². The van der Waals surface area contributed by atoms with E-state index in [0.29, 0.717) is 5.92 Å². The van der Waals surface area contributed by atoms with Crippen LogP contribution in [-0.4, -0.2) is 20.0 Å². The van der Waals surface area contributed by atoms with E-state index in [1.165, 1.54) is 0 Å². The Labute approximate surface area is 95.4 Å². The number of hydrogen-bond donors (Lipinski definition) is 0. The van der Waals surface area contributed by atoms with E-state index in [4.69, 9.17) is 9.47 Å². The molecule has 1 saturated carbocycles. The van der Waals surface area contributed by atoms with Crippen LogP contribution in [-0.2, 0) is 4.79 Å². The van der Waals surface area contributed by atoms with Crippen molar-refractivity contribution >= 4 is 5.78 Å². The van der Waals surface area contributed by atoms with Gasteiger partial charge in [0.1, 0.15) is 17.3 Å². The molecule has 0 N–H and O–H groups in total. The lowest BCUT2D eigenvalue weighted by Gasteiger charge is -2.09. The predicted octanol–water partition coefficient (Wildman–Crippen LogP) is 2.40. The average molecular weight is 220 g/mol. The summed E-state index contributed by atoms with van der Waals surface area (Å²) in [6.45, 7) is 1.65. The molecule has 16 heavy (non-hydrogen) atoms. The summed E-state index contributed by atoms with van der Waals surface area (Å²) in [4.78, 5) is 11.2. The third-order valence-electron chi connectivity index (χ3n) is 3.15. The third kappa shape index (κ3) is 1.90. The molecule has 3 nitrogen and oxygen atoms in total. The fraction of sp³-hybridized carbons (Fsp3) is 0.462. The highest BCUT2D eigenvalue weighted by atomic mass is 16.5. The smallest absolute Gasteiger partial charge is 0.133 e. The lowest BCUT2D eigenvalue weighted by atomic mass is 10.1. The molecule has 0 unspecified atom stereocenters. The van der Waals surface area contributed by atoms with Crippen LogP contribution >= 0.6 is 0 Å². The van der Waals surface area contributed by atoms with Crippen molar-refractivity contribution in [1.82, 2.24) is 0 Å². The van der Waals surface area contributed by atoms with Gasteiger partial charge in [0.2, 0.25) is 0 Å². The summed E-state index contributed by atoms with van der Waals surface area (Å²) >= 11 is 0. The summed E-state index contributed by atoms with van der Waals surface area (Å²) in [6.07, 6.45) is 0.942. The molecule has 1 fully saturated rings. The van der Waals surface area contributed by atoms with Crippen LogP contribution in [0.5, 0.6) is 11.5 Å². The minimum absolute atomic E-state index is 0.183. The van der Waals surface area contributed by atoms with Crippen LogP contribution in [0.1, 0.15) is 24.8 Å². The fourth-order valence-electron chi connectivity index (χ4n) is 2.11. The number of methoxy groups -OCH3 is 2. The van der Waals surface area contributed by atoms with Crippen molar-refractivity contribution < 1.29 is 14.3 Å². The van der Waals surface area contributed by atoms with Crippen molar-refractivity contribution in [3.8, 4) is 11.5 Å². The van der Waals surface area contributed by atoms with Crippen molar-refractivity contribution in [2.45, 2.75) is 19.3 Å². The summed E-state index contributed by atoms with van der Waals surface area (Å²) in [5, 5.41) is 0. The molecular formula is C13H16O3. The van der Waals surface area contributed by atoms with Gasteiger partial charge in [-0.2, -0.15) is 0 Å². The number of Topliss-reactive ketones (excluding diaryl/α,β-unsaturated/α-hetero) is 1. The van der Waals surface area contributed by atoms with Gasteiger partial charge >= 0.3 is 0 Å². The normalized spacial score (nSPS) is 22.7. The fourth-order valence-corrected chi connectivity index (χ4v) is 2.11. The van der Waals surface area contributed by atoms with Gasteiger partial charge in [-0.05, 0) is 30.9 Å². The largest absolute Gasteiger partial charge is 0.497 e. The van der Waals surface area contributed by atoms with Crippen LogP contribution in [0.4, 0.5) is 0 Å². The van der Waals surface area contributed by atoms with Crippen LogP contribution in [0.2, 0.25) is 0 Å². The maximum absolute atomic E-state index is 11.2. The number of hydrogen-bond acceptors (Lipinski definition) is 3. The predicted molar refractivity (Wildman–Crippen MR) is 61.1 cm³/mol. The van der Waals surface area contributed by atoms with Crippen LogP contribution in [0.25, 0.3) is 0 Å². The average Bonchev–Trinajstić information content (AvgIpc) is 3.08. The standard InChI is InChI=1S/C13H16O3/c1-8(14)11-7-12(11)10-5-4-9(15-2)6-13(10)16-3/h4-6,11-12H,7H2,1-3H3/t11-,12-/m0/s1. The Hall–Kier alpha value is -1.51. The van der Waals surface area contributed by atoms with Crippen LogP contribution in [0.3, 0.4) is 0 Å². The van der Waals surface area contributed by atoms with Crippen molar-refractivity contribution in [3.05, 3.63) is 23.8 Å². The van der Waals surface area contributed by atoms with Crippen molar-refractivity contribution in [3.63, 3.8) is 0 Å². The first-order valence-corrected chi connectivity index (χ1v) is 5.39. The third-order valence-corrected chi connectivity index (χ3v) is 3.15. The van der Waals surface area contributed by atoms with Gasteiger partial charge in [0.15, 0.2) is 0 Å². The molecule has 0 aliphatic heterocycles. The Kier molecular flexibility index (Phi) is 2.86. The molecule has 0 radical (unpaired) electrons. The van der Waals surface area contributed by atoms with Gasteiger partial charge in [-0.1, -0.05) is 6.07 Å². The SMILES string of the molecule is COc1ccc([C@@H]2C[C@H]2C(C)=O)c(OC)c1. The summed E-state index contributed by atoms with van der Waals surface area (Å²) in [5.74, 6) is 2.37. The molecule has 0 spiro atoms. The van der Waals surface area contributed by atoms with E-state index in [0.717, 1.165) is 23.5 Å². The van der Waals surface area contributed by atoms with E-state index in [1.54, 1.807) is 21.1 Å². The maximum atomic E-state index is 11.2. The second kappa shape index (κ2) is 4.16. The first kappa shape index (κ1) is 11.0. The van der Waals surface area contributed by atoms with E-state index in [9.17, 15) is 4.79 Å². The first-order valence-electron chi connectivity index (χ1n) is 5.39. The van der Waals surface area contributed by atoms with Crippen molar-refractivity contribution in [2.75, 3.05) is 14.2 Å². The van der Waals surface area contributed by atoms with Crippen molar-refractivity contribution in [2.24, 2.45) is 5.92 Å². The quantitative estimate of drug-likeness (QED) is 0.781. The van der Waals surface area contributed by atoms with E-state index in [-0.39, 0.29) is 11.7 Å². The van der Waals surface area contributed by atoms with Crippen molar-refractivity contribution in [1.29, 1.82) is 0 Å². The van der Waals surface area contributed by atoms with E-state index < -0.39 is 0 Å². The Morgan fingerprint density at radius 3 is 2.56 bits per heavy atom. The van der Waals surface area contributed by atoms with Crippen LogP contribution < -0.4 is 9.47 Å². The number of rotatable bonds is 4. The summed E-state index contributed by atoms with van der Waals surface area (Å²) in [7, 11) is 3.27. The number of benzene rings is 1. The van der Waals surface area contributed by atoms with E-state index in [2.05, 4.69) is 0 Å². The molecule has 2 atom stereocenters. The summed E-state index contributed by atoms with van der Waals surface area (Å²) in [6, 6.07) is 5.77. The van der Waals surface area contributed by atoms with Gasteiger partial charge in [0, 0.05) is 12.0 Å². The maximum Gasteiger partial charge on any atom is 0.133 e. The molecule has 0 bridgehead atoms. The monoisotopic (exact) mass is 220 g/mol. The number of ketones is 1. The molecule has 3 heteroatoms. The molecule has 1 aromatic rings. The number of carbonyl (C=O) groups excluding carboxylic acids is 1. The molecule has 0 saturated heterocycles. The lowest BCUT2D eigenvalue weighted by molar-refractivity contribution is -0.118. The van der Waals surface area contributed by atoms with E-state index in [1.807, 2.05) is 18.2 Å². The molecule has 0 aromatic heterocycles. The second-order valence-corrected chi connectivity index (χ2v) is 4.17. The zero-order valence-corrected chi connectivity index (χ0v) is 9.82. The van der Waals surface area contributed by atoms with Crippen LogP contribution in [0, 0.1) is 5.92 Å². The molecule has 86 valence electrons. The van der Waals surface area contributed by atoms with Gasteiger partial charge in [-0.15, -0.1) is 0 Å². The molecule has 2 rings (SSSR count). The van der Waals surface area contributed by atoms with Gasteiger partial charge in [-0.25, -0.2) is 0 Å². The molecule has 1 aliphatic carbocycles. The highest BCUT2D eigenvalue weighted by molar-refractivity contribution is 5.82. The Balaban J connectivity index is 2.25. The van der Waals surface area contributed by atoms with Gasteiger partial charge < -0.3 is 9.47 Å². The number of ether oxygens (including phenoxy) is 2. The molecule has 0 amide bonds. The zero-order chi connectivity index (χ0) is 11.7. The Morgan fingerprint density at radius 2 is 2.06 bits per heavy atom. The van der Waals surface area contributed by atoms with Gasteiger partial charge in [0.05, 0.1) is 14.2 Å². The molecule has 0 heterocycles. The zero-order valence-electron chi connectivity index (χ0n) is 9.82. The first-order chi connectivity index (χ1) is 7.67. The minimum Gasteiger partial charge on any atom is -0.497 e. The molecule has 1 aliphatic rings. The Morgan fingerprint density at radius 1 is 1.31 bits per heavy atom. The lowest BCUT2D eigenvalue weighted by Crippen LogP contribution is -1.97. The highest BCUT2D eigenvalue weighted by Gasteiger charge is 2.43. The highest BCUT2D eigenvalue weighted by Crippen LogP contribution is 2.51. The summed E-state index contributed by atoms with van der Waals surface area (Å²) < 4.78 is 10.5. The van der Waals surface area contributed by atoms with Gasteiger partial charge in [-0.3, -0.25) is 4.79 Å².